The van der Waals surface area contributed by atoms with Crippen LogP contribution in [0.1, 0.15) is 0 Å². The summed E-state index contributed by atoms with van der Waals surface area (Å²) in [5.41, 5.74) is 0. The quantitative estimate of drug-likeness (QED) is 0.271. The number of rotatable bonds is 0. The minimum absolute atomic E-state index is 0. The van der Waals surface area contributed by atoms with E-state index >= 15 is 0 Å². The molecule has 0 unspecified atom stereocenters. The van der Waals surface area contributed by atoms with Crippen LogP contribution in [0.5, 0.6) is 0 Å². The van der Waals surface area contributed by atoms with Crippen molar-refractivity contribution in [2.24, 2.45) is 11.8 Å². The molecular formula is C20H38F2O8Sn. The van der Waals surface area contributed by atoms with Gasteiger partial charge in [0.15, 0.2) is 0 Å². The molecule has 2 rings (SSSR count). The van der Waals surface area contributed by atoms with Crippen molar-refractivity contribution in [3.8, 4) is 0 Å². The van der Waals surface area contributed by atoms with Gasteiger partial charge in [-0.3, -0.25) is 0 Å². The predicted molar refractivity (Wildman–Crippen MR) is 110 cm³/mol. The summed E-state index contributed by atoms with van der Waals surface area (Å²) in [7, 11) is 0. The third-order valence-corrected chi connectivity index (χ3v) is 3.65. The number of halogens is 2. The van der Waals surface area contributed by atoms with Gasteiger partial charge in [-0.25, -0.2) is 0 Å². The first-order chi connectivity index (χ1) is 13.8. The predicted octanol–water partition coefficient (Wildman–Crippen LogP) is -5.34. The van der Waals surface area contributed by atoms with Crippen molar-refractivity contribution >= 4 is 23.9 Å². The van der Waals surface area contributed by atoms with E-state index < -0.39 is 0 Å². The van der Waals surface area contributed by atoms with E-state index in [1.807, 2.05) is 0 Å². The summed E-state index contributed by atoms with van der Waals surface area (Å²) in [6.07, 6.45) is 0. The molecule has 0 amide bonds. The summed E-state index contributed by atoms with van der Waals surface area (Å²) < 4.78 is 42.5. The Morgan fingerprint density at radius 3 is 0.710 bits per heavy atom. The average molecular weight is 563 g/mol. The maximum atomic E-state index is 5.35. The molecule has 0 saturated carbocycles. The van der Waals surface area contributed by atoms with E-state index in [4.69, 9.17) is 37.9 Å². The van der Waals surface area contributed by atoms with Crippen molar-refractivity contribution < 1.29 is 47.3 Å². The fourth-order valence-electron chi connectivity index (χ4n) is 2.21. The van der Waals surface area contributed by atoms with E-state index in [0.717, 1.165) is 0 Å². The number of hydrogen-bond donors (Lipinski definition) is 0. The Hall–Kier alpha value is 0.339. The van der Waals surface area contributed by atoms with Crippen LogP contribution < -0.4 is 9.41 Å². The van der Waals surface area contributed by atoms with E-state index in [1.54, 1.807) is 0 Å². The molecule has 2 saturated heterocycles. The van der Waals surface area contributed by atoms with Gasteiger partial charge in [0.25, 0.3) is 0 Å². The largest absolute Gasteiger partial charge is 2.00 e. The van der Waals surface area contributed by atoms with Crippen LogP contribution in [0.4, 0.5) is 0 Å². The van der Waals surface area contributed by atoms with Crippen LogP contribution >= 0.6 is 0 Å². The molecule has 2 aliphatic rings. The molecule has 0 spiro atoms. The standard InChI is InChI=1S/2C10H19O4.2FH.Sn/c2*1-10-8-13-6-4-11-2-3-12-5-7-14-9-10;;;/h2*10H,1-9H2;2*1H;/q;;;;+2/p-2. The minimum atomic E-state index is 0. The third kappa shape index (κ3) is 26.5. The molecular weight excluding hydrogens is 525 g/mol. The van der Waals surface area contributed by atoms with Gasteiger partial charge in [0, 0.05) is 11.8 Å². The maximum absolute atomic E-state index is 5.35. The zero-order chi connectivity index (χ0) is 20.1. The Labute approximate surface area is 202 Å². The van der Waals surface area contributed by atoms with E-state index in [-0.39, 0.29) is 45.2 Å². The van der Waals surface area contributed by atoms with Gasteiger partial charge in [0.1, 0.15) is 0 Å². The van der Waals surface area contributed by atoms with Crippen molar-refractivity contribution in [1.29, 1.82) is 0 Å². The zero-order valence-corrected chi connectivity index (χ0v) is 21.3. The molecule has 0 atom stereocenters. The van der Waals surface area contributed by atoms with Gasteiger partial charge in [-0.15, -0.1) is 0 Å². The Morgan fingerprint density at radius 2 is 0.516 bits per heavy atom. The van der Waals surface area contributed by atoms with Crippen LogP contribution in [0, 0.1) is 25.7 Å². The minimum Gasteiger partial charge on any atom is -1.00 e. The summed E-state index contributed by atoms with van der Waals surface area (Å²) in [6.45, 7) is 17.8. The smallest absolute Gasteiger partial charge is 1.00 e. The van der Waals surface area contributed by atoms with Gasteiger partial charge in [-0.2, -0.15) is 0 Å². The van der Waals surface area contributed by atoms with Crippen molar-refractivity contribution in [3.63, 3.8) is 0 Å². The van der Waals surface area contributed by atoms with E-state index in [9.17, 15) is 0 Å². The van der Waals surface area contributed by atoms with Gasteiger partial charge < -0.3 is 47.3 Å². The van der Waals surface area contributed by atoms with E-state index in [1.165, 1.54) is 0 Å². The molecule has 0 aliphatic carbocycles. The Bertz CT molecular complexity index is 278. The zero-order valence-electron chi connectivity index (χ0n) is 18.4. The second-order valence-electron chi connectivity index (χ2n) is 6.48. The number of ether oxygens (including phenoxy) is 8. The molecule has 0 aromatic rings. The molecule has 0 aromatic carbocycles. The monoisotopic (exact) mass is 564 g/mol. The van der Waals surface area contributed by atoms with E-state index in [0.29, 0.717) is 106 Å². The molecule has 2 fully saturated rings. The number of hydrogen-bond acceptors (Lipinski definition) is 8. The fraction of sp³-hybridized carbons (Fsp3) is 0.900. The van der Waals surface area contributed by atoms with Gasteiger partial charge in [-0.05, 0) is 13.8 Å². The molecule has 0 N–H and O–H groups in total. The molecule has 2 heterocycles. The Kier molecular flexibility index (Phi) is 32.9. The van der Waals surface area contributed by atoms with Gasteiger partial charge in [0.05, 0.1) is 106 Å². The second kappa shape index (κ2) is 28.4. The summed E-state index contributed by atoms with van der Waals surface area (Å²) in [5.74, 6) is 0.381. The normalized spacial score (nSPS) is 22.3. The Morgan fingerprint density at radius 1 is 0.355 bits per heavy atom. The first-order valence-electron chi connectivity index (χ1n) is 10.1. The summed E-state index contributed by atoms with van der Waals surface area (Å²) in [5, 5.41) is 0. The first-order valence-corrected chi connectivity index (χ1v) is 10.1. The van der Waals surface area contributed by atoms with Crippen LogP contribution in [0.2, 0.25) is 0 Å². The average Bonchev–Trinajstić information content (AvgIpc) is 2.73. The van der Waals surface area contributed by atoms with Crippen molar-refractivity contribution in [3.05, 3.63) is 13.8 Å². The summed E-state index contributed by atoms with van der Waals surface area (Å²) in [6, 6.07) is 0. The van der Waals surface area contributed by atoms with Crippen LogP contribution in [-0.4, -0.2) is 130 Å². The molecule has 8 nitrogen and oxygen atoms in total. The maximum Gasteiger partial charge on any atom is 2.00 e. The topological polar surface area (TPSA) is 73.8 Å². The van der Waals surface area contributed by atoms with Crippen molar-refractivity contribution in [2.45, 2.75) is 0 Å². The van der Waals surface area contributed by atoms with Gasteiger partial charge in [-0.1, -0.05) is 0 Å². The van der Waals surface area contributed by atoms with Crippen LogP contribution in [0.15, 0.2) is 0 Å². The molecule has 184 valence electrons. The molecule has 2 aliphatic heterocycles. The van der Waals surface area contributed by atoms with Crippen LogP contribution in [0.3, 0.4) is 0 Å². The molecule has 31 heavy (non-hydrogen) atoms. The second-order valence-corrected chi connectivity index (χ2v) is 6.48. The SMILES string of the molecule is [CH2]C1COCCOCCOCCOC1.[CH2]C1COCCOCCOCCOC1.[F-].[F-].[Sn+2]. The van der Waals surface area contributed by atoms with Crippen molar-refractivity contribution in [2.75, 3.05) is 106 Å². The third-order valence-electron chi connectivity index (χ3n) is 3.65. The van der Waals surface area contributed by atoms with Gasteiger partial charge >= 0.3 is 23.9 Å². The van der Waals surface area contributed by atoms with Gasteiger partial charge in [0.2, 0.25) is 0 Å². The van der Waals surface area contributed by atoms with E-state index in [2.05, 4.69) is 13.8 Å². The molecule has 0 aromatic heterocycles. The summed E-state index contributed by atoms with van der Waals surface area (Å²) in [4.78, 5) is 0. The summed E-state index contributed by atoms with van der Waals surface area (Å²) >= 11 is 0. The fourth-order valence-corrected chi connectivity index (χ4v) is 2.21. The van der Waals surface area contributed by atoms with Crippen LogP contribution in [0.25, 0.3) is 0 Å². The Balaban J connectivity index is -0.000000461. The molecule has 0 bridgehead atoms. The molecule has 4 radical (unpaired) electrons. The van der Waals surface area contributed by atoms with Crippen molar-refractivity contribution in [1.82, 2.24) is 0 Å². The van der Waals surface area contributed by atoms with Crippen LogP contribution in [-0.2, 0) is 37.9 Å². The first kappa shape index (κ1) is 35.9. The molecule has 11 heteroatoms.